The molecule has 2 aromatic carbocycles. The lowest BCUT2D eigenvalue weighted by molar-refractivity contribution is -0.0269. The van der Waals surface area contributed by atoms with Crippen LogP contribution in [0.15, 0.2) is 48.8 Å². The van der Waals surface area contributed by atoms with Gasteiger partial charge in [0, 0.05) is 37.5 Å². The lowest BCUT2D eigenvalue weighted by Crippen LogP contribution is -2.57. The van der Waals surface area contributed by atoms with Crippen LogP contribution in [0.25, 0.3) is 22.0 Å². The van der Waals surface area contributed by atoms with Crippen LogP contribution >= 0.6 is 0 Å². The van der Waals surface area contributed by atoms with E-state index in [1.807, 2.05) is 31.4 Å². The number of pyridine rings is 1. The Morgan fingerprint density at radius 1 is 1.23 bits per heavy atom. The van der Waals surface area contributed by atoms with E-state index in [-0.39, 0.29) is 18.1 Å². The molecule has 1 amide bonds. The number of aromatic nitrogens is 3. The fourth-order valence-corrected chi connectivity index (χ4v) is 4.92. The molecule has 0 bridgehead atoms. The fourth-order valence-electron chi connectivity index (χ4n) is 4.92. The van der Waals surface area contributed by atoms with Gasteiger partial charge in [0.2, 0.25) is 7.28 Å². The number of rotatable bonds is 5. The predicted octanol–water partition coefficient (Wildman–Crippen LogP) is 1.90. The Hall–Kier alpha value is -3.76. The molecule has 0 spiro atoms. The normalized spacial score (nSPS) is 18.3. The maximum absolute atomic E-state index is 15.4. The first-order chi connectivity index (χ1) is 16.9. The van der Waals surface area contributed by atoms with E-state index < -0.39 is 11.4 Å². The van der Waals surface area contributed by atoms with Crippen LogP contribution in [0.3, 0.4) is 0 Å². The summed E-state index contributed by atoms with van der Waals surface area (Å²) in [6.45, 7) is 0.772. The van der Waals surface area contributed by atoms with Crippen molar-refractivity contribution in [3.63, 3.8) is 0 Å². The Morgan fingerprint density at radius 2 is 2.09 bits per heavy atom. The number of fused-ring (bicyclic) bond motifs is 5. The van der Waals surface area contributed by atoms with Crippen molar-refractivity contribution in [3.8, 4) is 16.9 Å². The van der Waals surface area contributed by atoms with Crippen LogP contribution in [-0.2, 0) is 24.0 Å². The van der Waals surface area contributed by atoms with Gasteiger partial charge < -0.3 is 19.5 Å². The van der Waals surface area contributed by atoms with Gasteiger partial charge in [0.1, 0.15) is 29.3 Å². The van der Waals surface area contributed by atoms with Gasteiger partial charge in [0.15, 0.2) is 0 Å². The van der Waals surface area contributed by atoms with Gasteiger partial charge in [0.05, 0.1) is 24.4 Å². The second kappa shape index (κ2) is 7.89. The summed E-state index contributed by atoms with van der Waals surface area (Å²) < 4.78 is 28.0. The summed E-state index contributed by atoms with van der Waals surface area (Å²) in [5, 5.41) is 16.8. The van der Waals surface area contributed by atoms with Gasteiger partial charge in [-0.2, -0.15) is 5.10 Å². The van der Waals surface area contributed by atoms with Crippen LogP contribution in [0.2, 0.25) is 0 Å². The van der Waals surface area contributed by atoms with Gasteiger partial charge in [-0.3, -0.25) is 14.5 Å². The van der Waals surface area contributed by atoms with Gasteiger partial charge in [-0.1, -0.05) is 11.5 Å². The number of methoxy groups -OCH3 is 1. The van der Waals surface area contributed by atoms with Gasteiger partial charge in [-0.25, -0.2) is 4.39 Å². The molecule has 8 nitrogen and oxygen atoms in total. The minimum atomic E-state index is -1.73. The molecule has 175 valence electrons. The van der Waals surface area contributed by atoms with Crippen LogP contribution < -0.4 is 10.2 Å². The molecule has 0 aliphatic carbocycles. The SMILES string of the molecule is COCCOc1ccc(-c2cc(F)c3c(c2)[B]C2(O)c4ncccc4C(=O)N2C3)c2cn(C)nc12. The highest BCUT2D eigenvalue weighted by Crippen LogP contribution is 2.40. The second-order valence-electron chi connectivity index (χ2n) is 8.70. The molecule has 2 aliphatic heterocycles. The highest BCUT2D eigenvalue weighted by Gasteiger charge is 2.53. The summed E-state index contributed by atoms with van der Waals surface area (Å²) in [7, 11) is 4.93. The molecule has 1 unspecified atom stereocenters. The summed E-state index contributed by atoms with van der Waals surface area (Å²) in [4.78, 5) is 18.4. The van der Waals surface area contributed by atoms with Gasteiger partial charge in [0.25, 0.3) is 5.91 Å². The summed E-state index contributed by atoms with van der Waals surface area (Å²) in [6, 6.07) is 10.2. The Balaban J connectivity index is 1.44. The van der Waals surface area contributed by atoms with Crippen molar-refractivity contribution in [1.29, 1.82) is 0 Å². The van der Waals surface area contributed by atoms with Crippen molar-refractivity contribution >= 4 is 29.6 Å². The molecule has 10 heteroatoms. The second-order valence-corrected chi connectivity index (χ2v) is 8.70. The summed E-state index contributed by atoms with van der Waals surface area (Å²) in [5.74, 6) is -0.212. The zero-order valence-corrected chi connectivity index (χ0v) is 19.2. The van der Waals surface area contributed by atoms with Crippen molar-refractivity contribution in [2.75, 3.05) is 20.3 Å². The molecule has 2 aliphatic rings. The van der Waals surface area contributed by atoms with E-state index in [4.69, 9.17) is 9.47 Å². The molecular formula is C25H21BFN4O4. The Morgan fingerprint density at radius 3 is 2.91 bits per heavy atom. The first-order valence-electron chi connectivity index (χ1n) is 11.2. The number of nitrogens with zero attached hydrogens (tertiary/aromatic N) is 4. The lowest BCUT2D eigenvalue weighted by Gasteiger charge is -2.38. The number of carbonyl (C=O) groups excluding carboxylic acids is 1. The molecule has 6 rings (SSSR count). The predicted molar refractivity (Wildman–Crippen MR) is 127 cm³/mol. The van der Waals surface area contributed by atoms with Gasteiger partial charge in [-0.05, 0) is 41.5 Å². The molecular weight excluding hydrogens is 450 g/mol. The monoisotopic (exact) mass is 471 g/mol. The average Bonchev–Trinajstić information content (AvgIpc) is 3.33. The molecule has 1 N–H and O–H groups in total. The molecule has 0 saturated heterocycles. The zero-order valence-electron chi connectivity index (χ0n) is 19.2. The molecule has 1 atom stereocenters. The third-order valence-corrected chi connectivity index (χ3v) is 6.56. The van der Waals surface area contributed by atoms with E-state index in [0.717, 1.165) is 10.9 Å². The number of carbonyl (C=O) groups is 1. The lowest BCUT2D eigenvalue weighted by atomic mass is 9.55. The third kappa shape index (κ3) is 3.24. The standard InChI is InChI=1S/C25H21BFN4O4/c1-30-12-17-15(5-6-21(22(17)29-30)35-9-8-34-2)14-10-19-18(20(27)11-14)13-31-24(32)16-4-3-7-28-23(16)25(31,33)26-19/h3-7,10-12,33H,8-9,13H2,1-2H3. The van der Waals surface area contributed by atoms with Crippen LogP contribution in [-0.4, -0.2) is 58.3 Å². The molecule has 35 heavy (non-hydrogen) atoms. The van der Waals surface area contributed by atoms with Crippen molar-refractivity contribution in [3.05, 3.63) is 71.4 Å². The molecule has 0 fully saturated rings. The third-order valence-electron chi connectivity index (χ3n) is 6.56. The summed E-state index contributed by atoms with van der Waals surface area (Å²) >= 11 is 0. The van der Waals surface area contributed by atoms with E-state index in [0.29, 0.717) is 46.6 Å². The largest absolute Gasteiger partial charge is 0.489 e. The number of hydrogen-bond donors (Lipinski definition) is 1. The number of ether oxygens (including phenoxy) is 2. The van der Waals surface area contributed by atoms with E-state index in [1.54, 1.807) is 23.9 Å². The molecule has 4 heterocycles. The van der Waals surface area contributed by atoms with E-state index in [2.05, 4.69) is 10.1 Å². The Kier molecular flexibility index (Phi) is 4.91. The van der Waals surface area contributed by atoms with Crippen LogP contribution in [0.5, 0.6) is 5.75 Å². The number of amides is 1. The van der Waals surface area contributed by atoms with E-state index >= 15 is 4.39 Å². The number of aliphatic hydroxyl groups is 1. The fraction of sp³-hybridized carbons (Fsp3) is 0.240. The maximum atomic E-state index is 15.4. The molecule has 2 aromatic heterocycles. The minimum Gasteiger partial charge on any atom is -0.489 e. The van der Waals surface area contributed by atoms with Crippen LogP contribution in [0.4, 0.5) is 4.39 Å². The first kappa shape index (κ1) is 21.8. The van der Waals surface area contributed by atoms with E-state index in [9.17, 15) is 9.90 Å². The summed E-state index contributed by atoms with van der Waals surface area (Å²) in [5.41, 5.74) is 1.78. The molecule has 1 radical (unpaired) electrons. The Labute approximate surface area is 201 Å². The zero-order chi connectivity index (χ0) is 24.3. The topological polar surface area (TPSA) is 89.7 Å². The number of halogens is 1. The number of benzene rings is 2. The first-order valence-corrected chi connectivity index (χ1v) is 11.2. The quantitative estimate of drug-likeness (QED) is 0.354. The molecule has 4 aromatic rings. The highest BCUT2D eigenvalue weighted by atomic mass is 19.1. The Bertz CT molecular complexity index is 1510. The minimum absolute atomic E-state index is 0.0573. The van der Waals surface area contributed by atoms with Crippen LogP contribution in [0.1, 0.15) is 21.6 Å². The number of hydrogen-bond acceptors (Lipinski definition) is 6. The smallest absolute Gasteiger partial charge is 0.258 e. The van der Waals surface area contributed by atoms with Crippen molar-refractivity contribution in [1.82, 2.24) is 19.7 Å². The molecule has 0 saturated carbocycles. The highest BCUT2D eigenvalue weighted by molar-refractivity contribution is 6.58. The van der Waals surface area contributed by atoms with Crippen molar-refractivity contribution in [2.24, 2.45) is 7.05 Å². The van der Waals surface area contributed by atoms with Crippen LogP contribution in [0, 0.1) is 5.82 Å². The van der Waals surface area contributed by atoms with E-state index in [1.165, 1.54) is 24.4 Å². The maximum Gasteiger partial charge on any atom is 0.258 e. The average molecular weight is 471 g/mol. The summed E-state index contributed by atoms with van der Waals surface area (Å²) in [6.07, 6.45) is 3.39. The van der Waals surface area contributed by atoms with Gasteiger partial charge >= 0.3 is 0 Å². The van der Waals surface area contributed by atoms with Crippen molar-refractivity contribution in [2.45, 2.75) is 12.2 Å². The number of aryl methyl sites for hydroxylation is 1. The van der Waals surface area contributed by atoms with Crippen molar-refractivity contribution < 1.29 is 23.8 Å². The van der Waals surface area contributed by atoms with Gasteiger partial charge in [-0.15, -0.1) is 0 Å².